The van der Waals surface area contributed by atoms with E-state index < -0.39 is 0 Å². The van der Waals surface area contributed by atoms with E-state index in [9.17, 15) is 4.79 Å². The smallest absolute Gasteiger partial charge is 0.319 e. The van der Waals surface area contributed by atoms with Crippen LogP contribution in [0.4, 0.5) is 10.5 Å². The molecule has 2 amide bonds. The number of methoxy groups -OCH3 is 1. The van der Waals surface area contributed by atoms with Gasteiger partial charge in [0.15, 0.2) is 0 Å². The molecule has 0 aliphatic heterocycles. The molecule has 0 atom stereocenters. The zero-order valence-electron chi connectivity index (χ0n) is 12.6. The van der Waals surface area contributed by atoms with Crippen molar-refractivity contribution in [3.63, 3.8) is 0 Å². The Bertz CT molecular complexity index is 555. The summed E-state index contributed by atoms with van der Waals surface area (Å²) in [7, 11) is 1.70. The van der Waals surface area contributed by atoms with Crippen molar-refractivity contribution in [2.45, 2.75) is 11.4 Å². The summed E-state index contributed by atoms with van der Waals surface area (Å²) in [5, 5.41) is 5.66. The summed E-state index contributed by atoms with van der Waals surface area (Å²) in [6.07, 6.45) is 3.94. The number of rotatable bonds is 8. The van der Waals surface area contributed by atoms with Crippen LogP contribution in [0, 0.1) is 0 Å². The highest BCUT2D eigenvalue weighted by atomic mass is 32.2. The summed E-state index contributed by atoms with van der Waals surface area (Å²) in [6.45, 7) is 2.08. The molecule has 0 fully saturated rings. The van der Waals surface area contributed by atoms with Crippen LogP contribution in [0.5, 0.6) is 0 Å². The van der Waals surface area contributed by atoms with E-state index in [1.807, 2.05) is 53.4 Å². The molecule has 0 saturated heterocycles. The van der Waals surface area contributed by atoms with E-state index in [1.165, 1.54) is 0 Å². The first kappa shape index (κ1) is 16.5. The van der Waals surface area contributed by atoms with Crippen molar-refractivity contribution in [2.75, 3.05) is 31.3 Å². The van der Waals surface area contributed by atoms with Gasteiger partial charge in [-0.2, -0.15) is 0 Å². The van der Waals surface area contributed by atoms with E-state index in [-0.39, 0.29) is 6.03 Å². The number of benzene rings is 1. The molecule has 1 aromatic carbocycles. The summed E-state index contributed by atoms with van der Waals surface area (Å²) < 4.78 is 7.04. The number of nitrogens with one attached hydrogen (secondary N) is 2. The monoisotopic (exact) mass is 319 g/mol. The molecular weight excluding hydrogens is 298 g/mol. The van der Waals surface area contributed by atoms with Crippen LogP contribution in [0.3, 0.4) is 0 Å². The third-order valence-corrected chi connectivity index (χ3v) is 3.97. The first-order valence-electron chi connectivity index (χ1n) is 7.15. The van der Waals surface area contributed by atoms with Crippen LogP contribution in [-0.4, -0.2) is 36.6 Å². The Hall–Kier alpha value is -1.92. The predicted octanol–water partition coefficient (Wildman–Crippen LogP) is 3.05. The lowest BCUT2D eigenvalue weighted by Gasteiger charge is -2.09. The summed E-state index contributed by atoms with van der Waals surface area (Å²) in [5.41, 5.74) is 0.787. The van der Waals surface area contributed by atoms with Gasteiger partial charge in [0.05, 0.1) is 6.61 Å². The maximum absolute atomic E-state index is 11.8. The van der Waals surface area contributed by atoms with E-state index in [4.69, 9.17) is 4.74 Å². The van der Waals surface area contributed by atoms with Crippen LogP contribution in [0.15, 0.2) is 53.7 Å². The number of hydrogen-bond donors (Lipinski definition) is 2. The number of urea groups is 1. The third-order valence-electron chi connectivity index (χ3n) is 2.99. The number of ether oxygens (including phenoxy) is 1. The minimum Gasteiger partial charge on any atom is -0.384 e. The molecule has 0 bridgehead atoms. The second kappa shape index (κ2) is 9.17. The molecule has 22 heavy (non-hydrogen) atoms. The number of nitrogens with zero attached hydrogens (tertiary/aromatic N) is 1. The zero-order chi connectivity index (χ0) is 15.6. The molecule has 0 radical (unpaired) electrons. The highest BCUT2D eigenvalue weighted by Crippen LogP contribution is 2.19. The van der Waals surface area contributed by atoms with Gasteiger partial charge in [0.1, 0.15) is 0 Å². The van der Waals surface area contributed by atoms with Gasteiger partial charge in [-0.3, -0.25) is 0 Å². The second-order valence-electron chi connectivity index (χ2n) is 4.67. The first-order chi connectivity index (χ1) is 10.8. The Labute approximate surface area is 135 Å². The fraction of sp³-hybridized carbons (Fsp3) is 0.312. The molecular formula is C16H21N3O2S. The maximum Gasteiger partial charge on any atom is 0.319 e. The number of aromatic nitrogens is 1. The Balaban J connectivity index is 1.69. The quantitative estimate of drug-likeness (QED) is 0.581. The molecule has 1 aromatic heterocycles. The van der Waals surface area contributed by atoms with Crippen LogP contribution in [0.25, 0.3) is 0 Å². The average molecular weight is 319 g/mol. The fourth-order valence-corrected chi connectivity index (χ4v) is 2.68. The SMILES string of the molecule is COCCSc1ccc(NC(=O)NCCn2cccc2)cc1. The van der Waals surface area contributed by atoms with Crippen molar-refractivity contribution >= 4 is 23.5 Å². The molecule has 0 unspecified atom stereocenters. The molecule has 2 N–H and O–H groups in total. The van der Waals surface area contributed by atoms with Crippen molar-refractivity contribution < 1.29 is 9.53 Å². The number of carbonyl (C=O) groups excluding carboxylic acids is 1. The standard InChI is InChI=1S/C16H21N3O2S/c1-21-12-13-22-15-6-4-14(5-7-15)18-16(20)17-8-11-19-9-2-3-10-19/h2-7,9-10H,8,11-13H2,1H3,(H2,17,18,20). The lowest BCUT2D eigenvalue weighted by atomic mass is 10.3. The number of carbonyl (C=O) groups is 1. The first-order valence-corrected chi connectivity index (χ1v) is 8.14. The largest absolute Gasteiger partial charge is 0.384 e. The summed E-state index contributed by atoms with van der Waals surface area (Å²) >= 11 is 1.73. The van der Waals surface area contributed by atoms with Gasteiger partial charge in [-0.1, -0.05) is 0 Å². The topological polar surface area (TPSA) is 55.3 Å². The average Bonchev–Trinajstić information content (AvgIpc) is 3.03. The summed E-state index contributed by atoms with van der Waals surface area (Å²) in [6, 6.07) is 11.5. The van der Waals surface area contributed by atoms with Crippen molar-refractivity contribution in [3.05, 3.63) is 48.8 Å². The minimum absolute atomic E-state index is 0.188. The van der Waals surface area contributed by atoms with E-state index in [0.717, 1.165) is 29.5 Å². The fourth-order valence-electron chi connectivity index (χ4n) is 1.87. The van der Waals surface area contributed by atoms with Gasteiger partial charge < -0.3 is 19.9 Å². The van der Waals surface area contributed by atoms with Crippen molar-refractivity contribution in [2.24, 2.45) is 0 Å². The van der Waals surface area contributed by atoms with Gasteiger partial charge in [-0.25, -0.2) is 4.79 Å². The molecule has 0 saturated carbocycles. The third kappa shape index (κ3) is 5.83. The van der Waals surface area contributed by atoms with Gasteiger partial charge in [-0.15, -0.1) is 11.8 Å². The van der Waals surface area contributed by atoms with Crippen LogP contribution in [0.1, 0.15) is 0 Å². The van der Waals surface area contributed by atoms with Crippen LogP contribution in [-0.2, 0) is 11.3 Å². The Morgan fingerprint density at radius 2 is 1.95 bits per heavy atom. The molecule has 0 aliphatic carbocycles. The molecule has 2 rings (SSSR count). The number of hydrogen-bond acceptors (Lipinski definition) is 3. The highest BCUT2D eigenvalue weighted by molar-refractivity contribution is 7.99. The molecule has 0 aliphatic rings. The molecule has 5 nitrogen and oxygen atoms in total. The predicted molar refractivity (Wildman–Crippen MR) is 90.5 cm³/mol. The number of thioether (sulfide) groups is 1. The van der Waals surface area contributed by atoms with E-state index in [0.29, 0.717) is 6.54 Å². The summed E-state index contributed by atoms with van der Waals surface area (Å²) in [4.78, 5) is 12.9. The van der Waals surface area contributed by atoms with E-state index in [2.05, 4.69) is 10.6 Å². The van der Waals surface area contributed by atoms with Gasteiger partial charge >= 0.3 is 6.03 Å². The minimum atomic E-state index is -0.188. The van der Waals surface area contributed by atoms with Crippen molar-refractivity contribution in [1.82, 2.24) is 9.88 Å². The molecule has 2 aromatic rings. The van der Waals surface area contributed by atoms with Crippen LogP contribution < -0.4 is 10.6 Å². The van der Waals surface area contributed by atoms with Crippen molar-refractivity contribution in [3.8, 4) is 0 Å². The van der Waals surface area contributed by atoms with Gasteiger partial charge in [0.25, 0.3) is 0 Å². The molecule has 6 heteroatoms. The van der Waals surface area contributed by atoms with Crippen LogP contribution >= 0.6 is 11.8 Å². The number of amides is 2. The van der Waals surface area contributed by atoms with Gasteiger partial charge in [-0.05, 0) is 36.4 Å². The maximum atomic E-state index is 11.8. The van der Waals surface area contributed by atoms with E-state index >= 15 is 0 Å². The van der Waals surface area contributed by atoms with Gasteiger partial charge in [0.2, 0.25) is 0 Å². The molecule has 118 valence electrons. The lowest BCUT2D eigenvalue weighted by Crippen LogP contribution is -2.31. The number of anilines is 1. The highest BCUT2D eigenvalue weighted by Gasteiger charge is 2.01. The normalized spacial score (nSPS) is 10.4. The van der Waals surface area contributed by atoms with Gasteiger partial charge in [0, 0.05) is 48.9 Å². The van der Waals surface area contributed by atoms with Crippen LogP contribution in [0.2, 0.25) is 0 Å². The zero-order valence-corrected chi connectivity index (χ0v) is 13.4. The molecule has 0 spiro atoms. The molecule has 1 heterocycles. The second-order valence-corrected chi connectivity index (χ2v) is 5.84. The Morgan fingerprint density at radius 1 is 1.23 bits per heavy atom. The Morgan fingerprint density at radius 3 is 2.64 bits per heavy atom. The van der Waals surface area contributed by atoms with Crippen molar-refractivity contribution in [1.29, 1.82) is 0 Å². The lowest BCUT2D eigenvalue weighted by molar-refractivity contribution is 0.218. The summed E-state index contributed by atoms with van der Waals surface area (Å²) in [5.74, 6) is 0.920. The van der Waals surface area contributed by atoms with E-state index in [1.54, 1.807) is 18.9 Å². The Kier molecular flexibility index (Phi) is 6.86.